The molecule has 1 aromatic carbocycles. The van der Waals surface area contributed by atoms with E-state index in [4.69, 9.17) is 23.2 Å². The minimum atomic E-state index is 0.0941. The lowest BCUT2D eigenvalue weighted by Crippen LogP contribution is -1.95. The Balaban J connectivity index is 2.68. The first-order valence-electron chi connectivity index (χ1n) is 3.33. The first-order valence-corrected chi connectivity index (χ1v) is 5.07. The van der Waals surface area contributed by atoms with E-state index in [0.717, 1.165) is 4.90 Å². The van der Waals surface area contributed by atoms with Crippen molar-refractivity contribution in [2.75, 3.05) is 5.75 Å². The second-order valence-corrected chi connectivity index (χ2v) is 4.33. The number of Topliss-reactive ketones (excluding diaryl/α,β-unsaturated/α-hetero) is 1. The summed E-state index contributed by atoms with van der Waals surface area (Å²) in [7, 11) is 0. The Labute approximate surface area is 84.0 Å². The van der Waals surface area contributed by atoms with Crippen LogP contribution in [0.15, 0.2) is 17.0 Å². The van der Waals surface area contributed by atoms with Crippen LogP contribution in [0.5, 0.6) is 0 Å². The SMILES string of the molecule is O=C1CSc2cc(Cl)cc(Cl)c21. The Bertz CT molecular complexity index is 362. The number of carbonyl (C=O) groups is 1. The van der Waals surface area contributed by atoms with E-state index in [1.807, 2.05) is 0 Å². The van der Waals surface area contributed by atoms with Gasteiger partial charge in [0.05, 0.1) is 16.3 Å². The van der Waals surface area contributed by atoms with Gasteiger partial charge in [-0.1, -0.05) is 23.2 Å². The smallest absolute Gasteiger partial charge is 0.175 e. The van der Waals surface area contributed by atoms with Crippen molar-refractivity contribution >= 4 is 40.7 Å². The van der Waals surface area contributed by atoms with Crippen LogP contribution in [-0.4, -0.2) is 11.5 Å². The van der Waals surface area contributed by atoms with Gasteiger partial charge in [0.15, 0.2) is 5.78 Å². The van der Waals surface area contributed by atoms with Crippen LogP contribution >= 0.6 is 35.0 Å². The van der Waals surface area contributed by atoms with Crippen molar-refractivity contribution in [1.82, 2.24) is 0 Å². The molecule has 0 fully saturated rings. The van der Waals surface area contributed by atoms with Crippen molar-refractivity contribution in [2.45, 2.75) is 4.90 Å². The maximum absolute atomic E-state index is 11.2. The molecule has 1 nitrogen and oxygen atoms in total. The van der Waals surface area contributed by atoms with Crippen LogP contribution in [0.2, 0.25) is 10.0 Å². The van der Waals surface area contributed by atoms with Crippen molar-refractivity contribution in [3.63, 3.8) is 0 Å². The highest BCUT2D eigenvalue weighted by molar-refractivity contribution is 8.00. The summed E-state index contributed by atoms with van der Waals surface area (Å²) < 4.78 is 0. The van der Waals surface area contributed by atoms with E-state index >= 15 is 0 Å². The zero-order chi connectivity index (χ0) is 8.72. The lowest BCUT2D eigenvalue weighted by atomic mass is 10.1. The van der Waals surface area contributed by atoms with Gasteiger partial charge in [-0.15, -0.1) is 11.8 Å². The molecule has 0 aromatic heterocycles. The molecule has 0 amide bonds. The topological polar surface area (TPSA) is 17.1 Å². The van der Waals surface area contributed by atoms with Gasteiger partial charge in [0.2, 0.25) is 0 Å². The Morgan fingerprint density at radius 2 is 2.08 bits per heavy atom. The molecule has 0 aliphatic carbocycles. The Kier molecular flexibility index (Phi) is 2.07. The molecule has 62 valence electrons. The van der Waals surface area contributed by atoms with E-state index in [2.05, 4.69) is 0 Å². The van der Waals surface area contributed by atoms with Crippen LogP contribution < -0.4 is 0 Å². The fraction of sp³-hybridized carbons (Fsp3) is 0.125. The normalized spacial score (nSPS) is 15.0. The number of carbonyl (C=O) groups excluding carboxylic acids is 1. The molecule has 0 radical (unpaired) electrons. The van der Waals surface area contributed by atoms with Crippen molar-refractivity contribution in [3.8, 4) is 0 Å². The van der Waals surface area contributed by atoms with Gasteiger partial charge in [-0.25, -0.2) is 0 Å². The van der Waals surface area contributed by atoms with E-state index in [0.29, 0.717) is 21.4 Å². The highest BCUT2D eigenvalue weighted by atomic mass is 35.5. The van der Waals surface area contributed by atoms with Gasteiger partial charge in [-0.2, -0.15) is 0 Å². The molecule has 0 N–H and O–H groups in total. The first-order chi connectivity index (χ1) is 5.68. The third kappa shape index (κ3) is 1.24. The minimum Gasteiger partial charge on any atom is -0.293 e. The predicted octanol–water partition coefficient (Wildman–Crippen LogP) is 3.28. The zero-order valence-corrected chi connectivity index (χ0v) is 8.26. The quantitative estimate of drug-likeness (QED) is 0.665. The number of hydrogen-bond acceptors (Lipinski definition) is 2. The van der Waals surface area contributed by atoms with Crippen LogP contribution in [0.25, 0.3) is 0 Å². The van der Waals surface area contributed by atoms with Crippen molar-refractivity contribution in [2.24, 2.45) is 0 Å². The summed E-state index contributed by atoms with van der Waals surface area (Å²) in [6.07, 6.45) is 0. The molecule has 1 aliphatic heterocycles. The molecule has 0 saturated heterocycles. The van der Waals surface area contributed by atoms with Crippen molar-refractivity contribution in [1.29, 1.82) is 0 Å². The number of benzene rings is 1. The average molecular weight is 219 g/mol. The molecule has 1 heterocycles. The van der Waals surface area contributed by atoms with Gasteiger partial charge in [0, 0.05) is 9.92 Å². The van der Waals surface area contributed by atoms with Gasteiger partial charge in [0.1, 0.15) is 0 Å². The third-order valence-electron chi connectivity index (χ3n) is 1.66. The summed E-state index contributed by atoms with van der Waals surface area (Å²) in [5.74, 6) is 0.576. The van der Waals surface area contributed by atoms with Crippen LogP contribution in [0.1, 0.15) is 10.4 Å². The summed E-state index contributed by atoms with van der Waals surface area (Å²) >= 11 is 13.1. The van der Waals surface area contributed by atoms with Crippen molar-refractivity contribution < 1.29 is 4.79 Å². The predicted molar refractivity (Wildman–Crippen MR) is 51.5 cm³/mol. The Morgan fingerprint density at radius 1 is 1.33 bits per heavy atom. The monoisotopic (exact) mass is 218 g/mol. The first kappa shape index (κ1) is 8.42. The molecule has 12 heavy (non-hydrogen) atoms. The third-order valence-corrected chi connectivity index (χ3v) is 3.21. The molecular weight excluding hydrogens is 215 g/mol. The fourth-order valence-electron chi connectivity index (χ4n) is 1.15. The maximum atomic E-state index is 11.2. The molecule has 0 atom stereocenters. The highest BCUT2D eigenvalue weighted by Gasteiger charge is 2.23. The summed E-state index contributed by atoms with van der Waals surface area (Å²) in [4.78, 5) is 12.1. The number of hydrogen-bond donors (Lipinski definition) is 0. The van der Waals surface area contributed by atoms with Crippen LogP contribution in [0, 0.1) is 0 Å². The molecule has 0 saturated carbocycles. The molecule has 2 rings (SSSR count). The molecule has 4 heteroatoms. The fourth-order valence-corrected chi connectivity index (χ4v) is 2.88. The zero-order valence-electron chi connectivity index (χ0n) is 5.93. The number of halogens is 2. The molecule has 1 aliphatic rings. The number of ketones is 1. The number of rotatable bonds is 0. The van der Waals surface area contributed by atoms with Crippen LogP contribution in [0.4, 0.5) is 0 Å². The largest absolute Gasteiger partial charge is 0.293 e. The standard InChI is InChI=1S/C8H4Cl2OS/c9-4-1-5(10)8-6(11)3-12-7(8)2-4/h1-2H,3H2. The van der Waals surface area contributed by atoms with Crippen molar-refractivity contribution in [3.05, 3.63) is 27.7 Å². The number of fused-ring (bicyclic) bond motifs is 1. The van der Waals surface area contributed by atoms with Crippen LogP contribution in [-0.2, 0) is 0 Å². The molecule has 0 bridgehead atoms. The maximum Gasteiger partial charge on any atom is 0.175 e. The summed E-state index contributed by atoms with van der Waals surface area (Å²) in [5, 5.41) is 1.05. The van der Waals surface area contributed by atoms with Crippen LogP contribution in [0.3, 0.4) is 0 Å². The number of thioether (sulfide) groups is 1. The van der Waals surface area contributed by atoms with E-state index in [-0.39, 0.29) is 5.78 Å². The summed E-state index contributed by atoms with van der Waals surface area (Å²) in [6, 6.07) is 3.38. The Morgan fingerprint density at radius 3 is 2.83 bits per heavy atom. The van der Waals surface area contributed by atoms with Gasteiger partial charge in [-0.05, 0) is 12.1 Å². The van der Waals surface area contributed by atoms with Gasteiger partial charge >= 0.3 is 0 Å². The highest BCUT2D eigenvalue weighted by Crippen LogP contribution is 2.37. The molecule has 0 spiro atoms. The van der Waals surface area contributed by atoms with Gasteiger partial charge in [-0.3, -0.25) is 4.79 Å². The lowest BCUT2D eigenvalue weighted by Gasteiger charge is -1.99. The van der Waals surface area contributed by atoms with E-state index in [9.17, 15) is 4.79 Å². The lowest BCUT2D eigenvalue weighted by molar-refractivity contribution is 0.102. The Hall–Kier alpha value is -0.180. The second-order valence-electron chi connectivity index (χ2n) is 2.47. The van der Waals surface area contributed by atoms with E-state index < -0.39 is 0 Å². The second kappa shape index (κ2) is 2.95. The summed E-state index contributed by atoms with van der Waals surface area (Å²) in [6.45, 7) is 0. The van der Waals surface area contributed by atoms with E-state index in [1.54, 1.807) is 12.1 Å². The summed E-state index contributed by atoms with van der Waals surface area (Å²) in [5.41, 5.74) is 0.631. The molecule has 0 unspecified atom stereocenters. The van der Waals surface area contributed by atoms with Gasteiger partial charge in [0.25, 0.3) is 0 Å². The average Bonchev–Trinajstić information content (AvgIpc) is 2.31. The molecular formula is C8H4Cl2OS. The van der Waals surface area contributed by atoms with Gasteiger partial charge < -0.3 is 0 Å². The van der Waals surface area contributed by atoms with E-state index in [1.165, 1.54) is 11.8 Å². The molecule has 1 aromatic rings. The minimum absolute atomic E-state index is 0.0941.